The molecule has 2 N–H and O–H groups in total. The molecular weight excluding hydrogens is 394 g/mol. The summed E-state index contributed by atoms with van der Waals surface area (Å²) in [4.78, 5) is 27.5. The quantitative estimate of drug-likeness (QED) is 0.776. The van der Waals surface area contributed by atoms with Crippen LogP contribution in [0.4, 0.5) is 0 Å². The molecule has 0 spiro atoms. The number of amides is 2. The third-order valence-electron chi connectivity index (χ3n) is 5.31. The smallest absolute Gasteiger partial charge is 0.243 e. The average Bonchev–Trinajstić information content (AvgIpc) is 3.26. The van der Waals surface area contributed by atoms with Gasteiger partial charge in [0.2, 0.25) is 11.8 Å². The van der Waals surface area contributed by atoms with Crippen LogP contribution in [0.2, 0.25) is 5.02 Å². The number of nitrogens with one attached hydrogen (secondary N) is 1. The van der Waals surface area contributed by atoms with Gasteiger partial charge in [-0.3, -0.25) is 9.59 Å². The van der Waals surface area contributed by atoms with E-state index in [-0.39, 0.29) is 24.8 Å². The maximum atomic E-state index is 13.0. The molecule has 0 saturated carbocycles. The van der Waals surface area contributed by atoms with E-state index in [1.807, 2.05) is 26.0 Å². The molecule has 7 nitrogen and oxygen atoms in total. The van der Waals surface area contributed by atoms with E-state index in [1.165, 1.54) is 4.90 Å². The van der Waals surface area contributed by atoms with Gasteiger partial charge < -0.3 is 19.8 Å². The van der Waals surface area contributed by atoms with Crippen LogP contribution in [0.5, 0.6) is 0 Å². The summed E-state index contributed by atoms with van der Waals surface area (Å²) in [5.41, 5.74) is 0.898. The van der Waals surface area contributed by atoms with Gasteiger partial charge in [-0.05, 0) is 45.4 Å². The van der Waals surface area contributed by atoms with Crippen molar-refractivity contribution in [1.82, 2.24) is 15.4 Å². The standard InChI is InChI=1S/C21H26ClN3O4/c1-12-9-18(29-24-12)13(2)20(28)25-11-16(26)10-17(25)19(27)23-21(3,4)14-5-7-15(22)8-6-14/h5-9,13,16-17,26H,10-11H2,1-4H3,(H,23,27)/t13-,16-,17+/m1/s1. The van der Waals surface area contributed by atoms with Gasteiger partial charge in [-0.2, -0.15) is 0 Å². The Morgan fingerprint density at radius 1 is 1.34 bits per heavy atom. The highest BCUT2D eigenvalue weighted by atomic mass is 35.5. The van der Waals surface area contributed by atoms with Crippen LogP contribution in [0.3, 0.4) is 0 Å². The van der Waals surface area contributed by atoms with Gasteiger partial charge in [-0.15, -0.1) is 0 Å². The summed E-state index contributed by atoms with van der Waals surface area (Å²) in [6.45, 7) is 7.35. The van der Waals surface area contributed by atoms with Crippen molar-refractivity contribution in [3.05, 3.63) is 52.4 Å². The number of aliphatic hydroxyl groups is 1. The van der Waals surface area contributed by atoms with Crippen LogP contribution >= 0.6 is 11.6 Å². The number of likely N-dealkylation sites (tertiary alicyclic amines) is 1. The highest BCUT2D eigenvalue weighted by molar-refractivity contribution is 6.30. The molecular formula is C21H26ClN3O4. The highest BCUT2D eigenvalue weighted by Gasteiger charge is 2.42. The maximum Gasteiger partial charge on any atom is 0.243 e. The van der Waals surface area contributed by atoms with Crippen LogP contribution in [0, 0.1) is 6.92 Å². The Labute approximate surface area is 175 Å². The van der Waals surface area contributed by atoms with E-state index in [0.29, 0.717) is 16.5 Å². The monoisotopic (exact) mass is 419 g/mol. The molecule has 2 aromatic rings. The summed E-state index contributed by atoms with van der Waals surface area (Å²) in [6, 6.07) is 8.18. The summed E-state index contributed by atoms with van der Waals surface area (Å²) in [5.74, 6) is -0.742. The number of carbonyl (C=O) groups excluding carboxylic acids is 2. The number of carbonyl (C=O) groups is 2. The number of benzene rings is 1. The molecule has 29 heavy (non-hydrogen) atoms. The number of aromatic nitrogens is 1. The van der Waals surface area contributed by atoms with E-state index < -0.39 is 23.6 Å². The first-order chi connectivity index (χ1) is 13.6. The topological polar surface area (TPSA) is 95.7 Å². The number of rotatable bonds is 5. The molecule has 8 heteroatoms. The van der Waals surface area contributed by atoms with Gasteiger partial charge in [0.05, 0.1) is 23.3 Å². The number of halogens is 1. The number of hydrogen-bond donors (Lipinski definition) is 2. The lowest BCUT2D eigenvalue weighted by Gasteiger charge is -2.31. The number of hydrogen-bond acceptors (Lipinski definition) is 5. The third-order valence-corrected chi connectivity index (χ3v) is 5.56. The Morgan fingerprint density at radius 3 is 2.59 bits per heavy atom. The fourth-order valence-electron chi connectivity index (χ4n) is 3.59. The Balaban J connectivity index is 1.76. The van der Waals surface area contributed by atoms with Crippen molar-refractivity contribution in [3.8, 4) is 0 Å². The fourth-order valence-corrected chi connectivity index (χ4v) is 3.72. The SMILES string of the molecule is Cc1cc([C@@H](C)C(=O)N2C[C@H](O)C[C@H]2C(=O)NC(C)(C)c2ccc(Cl)cc2)on1. The van der Waals surface area contributed by atoms with E-state index >= 15 is 0 Å². The van der Waals surface area contributed by atoms with Gasteiger partial charge in [0.1, 0.15) is 11.8 Å². The van der Waals surface area contributed by atoms with Crippen molar-refractivity contribution < 1.29 is 19.2 Å². The van der Waals surface area contributed by atoms with Crippen molar-refractivity contribution in [1.29, 1.82) is 0 Å². The van der Waals surface area contributed by atoms with Crippen LogP contribution in [0.25, 0.3) is 0 Å². The fraction of sp³-hybridized carbons (Fsp3) is 0.476. The zero-order valence-corrected chi connectivity index (χ0v) is 17.7. The summed E-state index contributed by atoms with van der Waals surface area (Å²) in [7, 11) is 0. The van der Waals surface area contributed by atoms with Gasteiger partial charge in [0.15, 0.2) is 0 Å². The molecule has 1 aliphatic rings. The summed E-state index contributed by atoms with van der Waals surface area (Å²) in [6.07, 6.45) is -0.562. The van der Waals surface area contributed by atoms with Gasteiger partial charge in [0.25, 0.3) is 0 Å². The molecule has 1 fully saturated rings. The molecule has 156 valence electrons. The average molecular weight is 420 g/mol. The second kappa shape index (κ2) is 8.16. The Bertz CT molecular complexity index is 894. The first kappa shape index (κ1) is 21.3. The van der Waals surface area contributed by atoms with Crippen molar-refractivity contribution in [2.45, 2.75) is 57.7 Å². The molecule has 0 aliphatic carbocycles. The summed E-state index contributed by atoms with van der Waals surface area (Å²) >= 11 is 5.95. The first-order valence-electron chi connectivity index (χ1n) is 9.58. The molecule has 0 radical (unpaired) electrons. The number of nitrogens with zero attached hydrogens (tertiary/aromatic N) is 2. The molecule has 1 saturated heterocycles. The molecule has 1 aromatic carbocycles. The molecule has 3 rings (SSSR count). The molecule has 1 aliphatic heterocycles. The lowest BCUT2D eigenvalue weighted by molar-refractivity contribution is -0.140. The second-order valence-corrected chi connectivity index (χ2v) is 8.55. The lowest BCUT2D eigenvalue weighted by Crippen LogP contribution is -2.51. The van der Waals surface area contributed by atoms with Crippen molar-refractivity contribution in [2.75, 3.05) is 6.54 Å². The predicted octanol–water partition coefficient (Wildman–Crippen LogP) is 2.75. The highest BCUT2D eigenvalue weighted by Crippen LogP contribution is 2.27. The molecule has 2 heterocycles. The first-order valence-corrected chi connectivity index (χ1v) is 9.96. The van der Waals surface area contributed by atoms with Gasteiger partial charge in [-0.1, -0.05) is 28.9 Å². The van der Waals surface area contributed by atoms with Crippen LogP contribution < -0.4 is 5.32 Å². The van der Waals surface area contributed by atoms with Crippen LogP contribution in [0.15, 0.2) is 34.9 Å². The van der Waals surface area contributed by atoms with Gasteiger partial charge in [0, 0.05) is 24.1 Å². The van der Waals surface area contributed by atoms with Crippen molar-refractivity contribution in [2.24, 2.45) is 0 Å². The molecule has 0 unspecified atom stereocenters. The summed E-state index contributed by atoms with van der Waals surface area (Å²) < 4.78 is 5.21. The Hall–Kier alpha value is -2.38. The zero-order valence-electron chi connectivity index (χ0n) is 17.0. The normalized spacial score (nSPS) is 20.6. The molecule has 1 aromatic heterocycles. The van der Waals surface area contributed by atoms with E-state index in [4.69, 9.17) is 16.1 Å². The minimum absolute atomic E-state index is 0.107. The maximum absolute atomic E-state index is 13.0. The van der Waals surface area contributed by atoms with Gasteiger partial charge >= 0.3 is 0 Å². The van der Waals surface area contributed by atoms with Gasteiger partial charge in [-0.25, -0.2) is 0 Å². The van der Waals surface area contributed by atoms with E-state index in [0.717, 1.165) is 5.56 Å². The number of aryl methyl sites for hydroxylation is 1. The van der Waals surface area contributed by atoms with Crippen molar-refractivity contribution >= 4 is 23.4 Å². The van der Waals surface area contributed by atoms with E-state index in [1.54, 1.807) is 32.0 Å². The minimum atomic E-state index is -0.754. The zero-order chi connectivity index (χ0) is 21.3. The lowest BCUT2D eigenvalue weighted by atomic mass is 9.93. The minimum Gasteiger partial charge on any atom is -0.391 e. The Morgan fingerprint density at radius 2 is 2.00 bits per heavy atom. The number of β-amino-alcohol motifs (C(OH)–C–C–N with tert-alkyl or cyclic N) is 1. The predicted molar refractivity (Wildman–Crippen MR) is 108 cm³/mol. The van der Waals surface area contributed by atoms with Crippen LogP contribution in [-0.4, -0.2) is 45.7 Å². The Kier molecular flexibility index (Phi) is 6.00. The molecule has 3 atom stereocenters. The van der Waals surface area contributed by atoms with E-state index in [9.17, 15) is 14.7 Å². The molecule has 0 bridgehead atoms. The van der Waals surface area contributed by atoms with Crippen LogP contribution in [-0.2, 0) is 15.1 Å². The summed E-state index contributed by atoms with van der Waals surface area (Å²) in [5, 5.41) is 17.6. The van der Waals surface area contributed by atoms with Crippen LogP contribution in [0.1, 0.15) is 50.1 Å². The second-order valence-electron chi connectivity index (χ2n) is 8.11. The molecule has 2 amide bonds. The van der Waals surface area contributed by atoms with Crippen molar-refractivity contribution in [3.63, 3.8) is 0 Å². The largest absolute Gasteiger partial charge is 0.391 e. The van der Waals surface area contributed by atoms with E-state index in [2.05, 4.69) is 10.5 Å². The number of aliphatic hydroxyl groups excluding tert-OH is 1. The third kappa shape index (κ3) is 4.62.